The van der Waals surface area contributed by atoms with Crippen LogP contribution < -0.4 is 15.2 Å². The molecule has 4 heterocycles. The molecule has 0 radical (unpaired) electrons. The molecule has 9 heteroatoms. The van der Waals surface area contributed by atoms with E-state index in [2.05, 4.69) is 26.0 Å². The summed E-state index contributed by atoms with van der Waals surface area (Å²) < 4.78 is 21.1. The number of hydrogen-bond acceptors (Lipinski definition) is 8. The van der Waals surface area contributed by atoms with Crippen molar-refractivity contribution in [3.63, 3.8) is 0 Å². The Balaban J connectivity index is 0.00000160. The standard InChI is InChI=1S/C43H53NO7.C2H7N/c1-25(2)13-12-18-41(8)19-17-29-34(45)33-35(46)31-23-28-24-32-40(6,7)51-42(38(28)47,20-16-27(5)39(48)44-21-10-9-11-22-44)43(31,32)50-37(33)30(36(29)49-41)15-14-26(3)4;1-2-3/h13-14,16-17,19,23,28,32,45H,9-12,15,18,20-22,24H2,1-8H3;2-3H2,1H3/b27-16-;. The molecule has 4 aliphatic heterocycles. The summed E-state index contributed by atoms with van der Waals surface area (Å²) in [4.78, 5) is 45.0. The molecule has 5 unspecified atom stereocenters. The number of ketones is 2. The number of nitrogens with zero attached hydrogens (tertiary/aromatic N) is 1. The van der Waals surface area contributed by atoms with E-state index in [1.807, 2.05) is 64.7 Å². The van der Waals surface area contributed by atoms with E-state index in [4.69, 9.17) is 19.9 Å². The SMILES string of the molecule is CC(C)=CCCC1(C)C=Cc2c(O)c3c(c(CC=C(C)C)c2O1)OC12C(=CC4CC1C(C)(C)OC2(C/C=C(/C)C(=O)N1CCCCC1)C4=O)C3=O.CCN. The number of benzene rings is 1. The molecule has 2 saturated heterocycles. The second kappa shape index (κ2) is 14.6. The van der Waals surface area contributed by atoms with Gasteiger partial charge in [-0.1, -0.05) is 42.4 Å². The van der Waals surface area contributed by atoms with Gasteiger partial charge in [0.2, 0.25) is 5.91 Å². The van der Waals surface area contributed by atoms with Crippen LogP contribution in [0.1, 0.15) is 129 Å². The van der Waals surface area contributed by atoms with Crippen molar-refractivity contribution < 1.29 is 33.7 Å². The third-order valence-corrected chi connectivity index (χ3v) is 12.1. The molecule has 7 aliphatic rings. The number of amides is 1. The van der Waals surface area contributed by atoms with Crippen LogP contribution in [0.2, 0.25) is 0 Å². The van der Waals surface area contributed by atoms with Crippen molar-refractivity contribution in [1.82, 2.24) is 4.90 Å². The number of ether oxygens (including phenoxy) is 3. The van der Waals surface area contributed by atoms with E-state index in [1.54, 1.807) is 13.0 Å². The molecular formula is C45H60N2O7. The van der Waals surface area contributed by atoms with Gasteiger partial charge >= 0.3 is 0 Å². The largest absolute Gasteiger partial charge is 0.506 e. The molecule has 8 rings (SSSR count). The quantitative estimate of drug-likeness (QED) is 0.202. The highest BCUT2D eigenvalue weighted by atomic mass is 16.6. The predicted octanol–water partition coefficient (Wildman–Crippen LogP) is 8.13. The van der Waals surface area contributed by atoms with Gasteiger partial charge in [0, 0.05) is 48.1 Å². The Hall–Kier alpha value is -3.95. The highest BCUT2D eigenvalue weighted by Crippen LogP contribution is 2.68. The third kappa shape index (κ3) is 6.39. The van der Waals surface area contributed by atoms with Crippen LogP contribution in [0.3, 0.4) is 0 Å². The minimum absolute atomic E-state index is 0.0361. The first-order valence-electron chi connectivity index (χ1n) is 19.9. The summed E-state index contributed by atoms with van der Waals surface area (Å²) in [6, 6.07) is 0. The minimum atomic E-state index is -1.54. The minimum Gasteiger partial charge on any atom is -0.506 e. The van der Waals surface area contributed by atoms with E-state index in [1.165, 1.54) is 5.57 Å². The first kappa shape index (κ1) is 39.7. The van der Waals surface area contributed by atoms with Gasteiger partial charge in [-0.15, -0.1) is 0 Å². The predicted molar refractivity (Wildman–Crippen MR) is 212 cm³/mol. The molecule has 0 aromatic heterocycles. The maximum atomic E-state index is 15.0. The third-order valence-electron chi connectivity index (χ3n) is 12.1. The van der Waals surface area contributed by atoms with Gasteiger partial charge in [0.25, 0.3) is 0 Å². The fourth-order valence-corrected chi connectivity index (χ4v) is 9.52. The van der Waals surface area contributed by atoms with Crippen molar-refractivity contribution in [3.8, 4) is 17.2 Å². The zero-order valence-corrected chi connectivity index (χ0v) is 33.8. The summed E-state index contributed by atoms with van der Waals surface area (Å²) in [7, 11) is 0. The highest BCUT2D eigenvalue weighted by Gasteiger charge is 2.81. The Bertz CT molecular complexity index is 1880. The van der Waals surface area contributed by atoms with Crippen molar-refractivity contribution in [1.29, 1.82) is 0 Å². The van der Waals surface area contributed by atoms with Gasteiger partial charge in [0.1, 0.15) is 28.4 Å². The molecule has 292 valence electrons. The number of nitrogens with two attached hydrogens (primary N) is 1. The number of carbonyl (C=O) groups excluding carboxylic acids is 3. The van der Waals surface area contributed by atoms with Gasteiger partial charge in [-0.3, -0.25) is 14.4 Å². The summed E-state index contributed by atoms with van der Waals surface area (Å²) in [6.45, 7) is 20.1. The number of carbonyl (C=O) groups is 3. The number of allylic oxidation sites excluding steroid dienone is 5. The highest BCUT2D eigenvalue weighted by molar-refractivity contribution is 6.19. The van der Waals surface area contributed by atoms with Crippen LogP contribution in [0.15, 0.2) is 52.7 Å². The van der Waals surface area contributed by atoms with E-state index < -0.39 is 28.3 Å². The average Bonchev–Trinajstić information content (AvgIpc) is 3.27. The monoisotopic (exact) mass is 740 g/mol. The fourth-order valence-electron chi connectivity index (χ4n) is 9.52. The second-order valence-corrected chi connectivity index (χ2v) is 17.2. The molecule has 1 amide bonds. The maximum absolute atomic E-state index is 15.0. The van der Waals surface area contributed by atoms with Gasteiger partial charge in [-0.25, -0.2) is 0 Å². The van der Waals surface area contributed by atoms with Crippen molar-refractivity contribution in [2.24, 2.45) is 17.6 Å². The molecule has 4 bridgehead atoms. The van der Waals surface area contributed by atoms with Gasteiger partial charge < -0.3 is 30.0 Å². The summed E-state index contributed by atoms with van der Waals surface area (Å²) >= 11 is 0. The molecule has 54 heavy (non-hydrogen) atoms. The second-order valence-electron chi connectivity index (χ2n) is 17.2. The molecular weight excluding hydrogens is 681 g/mol. The van der Waals surface area contributed by atoms with E-state index in [0.717, 1.165) is 57.3 Å². The number of likely N-dealkylation sites (tertiary alicyclic amines) is 1. The normalized spacial score (nSPS) is 29.8. The summed E-state index contributed by atoms with van der Waals surface area (Å²) in [6.07, 6.45) is 17.3. The summed E-state index contributed by atoms with van der Waals surface area (Å²) in [5.41, 5.74) is 4.84. The Morgan fingerprint density at radius 2 is 1.65 bits per heavy atom. The Morgan fingerprint density at radius 3 is 2.30 bits per heavy atom. The lowest BCUT2D eigenvalue weighted by molar-refractivity contribution is -0.171. The van der Waals surface area contributed by atoms with Crippen molar-refractivity contribution >= 4 is 23.5 Å². The summed E-state index contributed by atoms with van der Waals surface area (Å²) in [5, 5.41) is 11.9. The molecule has 3 aliphatic carbocycles. The smallest absolute Gasteiger partial charge is 0.249 e. The molecule has 1 aromatic rings. The van der Waals surface area contributed by atoms with E-state index in [0.29, 0.717) is 40.9 Å². The summed E-state index contributed by atoms with van der Waals surface area (Å²) in [5.74, 6) is -0.821. The number of phenolic OH excluding ortho intramolecular Hbond substituents is 1. The van der Waals surface area contributed by atoms with Crippen molar-refractivity contribution in [2.45, 2.75) is 136 Å². The molecule has 3 N–H and O–H groups in total. The zero-order valence-electron chi connectivity index (χ0n) is 33.8. The van der Waals surface area contributed by atoms with Gasteiger partial charge in [0.15, 0.2) is 22.8 Å². The Labute approximate surface area is 321 Å². The fraction of sp³-hybridized carbons (Fsp3) is 0.578. The number of aromatic hydroxyl groups is 1. The first-order valence-corrected chi connectivity index (χ1v) is 19.9. The van der Waals surface area contributed by atoms with E-state index in [9.17, 15) is 19.5 Å². The van der Waals surface area contributed by atoms with Gasteiger partial charge in [-0.05, 0) is 119 Å². The lowest BCUT2D eigenvalue weighted by atomic mass is 9.51. The number of piperidine rings is 1. The van der Waals surface area contributed by atoms with E-state index in [-0.39, 0.29) is 46.9 Å². The lowest BCUT2D eigenvalue weighted by Crippen LogP contribution is -2.72. The maximum Gasteiger partial charge on any atom is 0.249 e. The Kier molecular flexibility index (Phi) is 10.7. The molecule has 5 atom stereocenters. The van der Waals surface area contributed by atoms with E-state index >= 15 is 0 Å². The lowest BCUT2D eigenvalue weighted by Gasteiger charge is -2.56. The zero-order chi connectivity index (χ0) is 39.4. The molecule has 1 aromatic carbocycles. The average molecular weight is 741 g/mol. The number of Topliss-reactive ketones (excluding diaryl/α,β-unsaturated/α-hetero) is 2. The number of fused-ring (bicyclic) bond motifs is 2. The number of phenols is 1. The Morgan fingerprint density at radius 1 is 0.981 bits per heavy atom. The van der Waals surface area contributed by atoms with Crippen molar-refractivity contribution in [2.75, 3.05) is 19.6 Å². The van der Waals surface area contributed by atoms with Crippen LogP contribution in [0, 0.1) is 11.8 Å². The van der Waals surface area contributed by atoms with Crippen LogP contribution in [0.4, 0.5) is 0 Å². The van der Waals surface area contributed by atoms with Crippen LogP contribution in [0.25, 0.3) is 6.08 Å². The van der Waals surface area contributed by atoms with Gasteiger partial charge in [-0.2, -0.15) is 0 Å². The van der Waals surface area contributed by atoms with Crippen LogP contribution in [0.5, 0.6) is 17.2 Å². The molecule has 1 spiro atoms. The topological polar surface area (TPSA) is 128 Å². The molecule has 9 nitrogen and oxygen atoms in total. The van der Waals surface area contributed by atoms with Crippen LogP contribution in [-0.4, -0.2) is 69.5 Å². The van der Waals surface area contributed by atoms with Crippen LogP contribution in [-0.2, 0) is 20.7 Å². The number of hydrogen-bond donors (Lipinski definition) is 2. The van der Waals surface area contributed by atoms with Gasteiger partial charge in [0.05, 0.1) is 11.2 Å². The first-order chi connectivity index (χ1) is 25.5. The van der Waals surface area contributed by atoms with Crippen molar-refractivity contribution in [3.05, 3.63) is 69.4 Å². The molecule has 3 fully saturated rings. The number of rotatable bonds is 8. The molecule has 1 saturated carbocycles. The van der Waals surface area contributed by atoms with Crippen LogP contribution >= 0.6 is 0 Å².